The van der Waals surface area contributed by atoms with Gasteiger partial charge in [0.15, 0.2) is 11.9 Å². The van der Waals surface area contributed by atoms with Crippen molar-refractivity contribution >= 4 is 108 Å². The Balaban J connectivity index is 3.37. The standard InChI is InChI=1S/C37H68N14O9S4/c1-19(2)14-24(31(56)46-21(8-6-11-43-35(39)40)29(54)45-15-26(52)50-27(34(59)60)37(3,4)62)49-30(55)22(9-7-12-44-36(41)42)47-32(57)25-17-64-18-51(25)33(58)23(10-13-63-5)48-28(53)20(38)16-61/h19-25,27,61-62H,6-18,38H2,1-5H3,(H,45,54)(H,46,56)(H,47,57)(H,48,53)(H,49,55)(H,50,52)(H,59,60)(H4,39,40,43)(H4,41,42,44)/t20-,21+,22+,23+,24+,25+,27-/m1/s1. The molecule has 0 spiro atoms. The van der Waals surface area contributed by atoms with Gasteiger partial charge in [-0.05, 0) is 70.3 Å². The van der Waals surface area contributed by atoms with E-state index >= 15 is 0 Å². The van der Waals surface area contributed by atoms with E-state index in [-0.39, 0.29) is 86.8 Å². The molecule has 23 nitrogen and oxygen atoms in total. The Morgan fingerprint density at radius 3 is 1.84 bits per heavy atom. The maximum atomic E-state index is 14.1. The van der Waals surface area contributed by atoms with Gasteiger partial charge in [0.25, 0.3) is 0 Å². The largest absolute Gasteiger partial charge is 0.480 e. The zero-order valence-corrected chi connectivity index (χ0v) is 40.4. The minimum absolute atomic E-state index is 0.0111. The second kappa shape index (κ2) is 29.2. The van der Waals surface area contributed by atoms with E-state index in [2.05, 4.69) is 67.1 Å². The number of carbonyl (C=O) groups is 8. The molecular weight excluding hydrogens is 913 g/mol. The lowest BCUT2D eigenvalue weighted by Gasteiger charge is -2.30. The molecule has 64 heavy (non-hydrogen) atoms. The van der Waals surface area contributed by atoms with Crippen molar-refractivity contribution in [3.05, 3.63) is 0 Å². The molecule has 7 atom stereocenters. The highest BCUT2D eigenvalue weighted by molar-refractivity contribution is 7.99. The topological polar surface area (TPSA) is 387 Å². The number of hydrogen-bond donors (Lipinski definition) is 14. The average molecular weight is 981 g/mol. The summed E-state index contributed by atoms with van der Waals surface area (Å²) in [4.78, 5) is 116. The van der Waals surface area contributed by atoms with Crippen LogP contribution in [0.15, 0.2) is 9.98 Å². The van der Waals surface area contributed by atoms with Crippen LogP contribution < -0.4 is 60.6 Å². The summed E-state index contributed by atoms with van der Waals surface area (Å²) in [5.41, 5.74) is 27.7. The van der Waals surface area contributed by atoms with Crippen molar-refractivity contribution in [2.75, 3.05) is 49.0 Å². The quantitative estimate of drug-likeness (QED) is 0.0149. The number of guanidine groups is 2. The summed E-state index contributed by atoms with van der Waals surface area (Å²) in [6.45, 7) is 6.15. The lowest BCUT2D eigenvalue weighted by atomic mass is 10.0. The molecule has 1 rings (SSSR count). The van der Waals surface area contributed by atoms with Crippen LogP contribution in [0.2, 0.25) is 0 Å². The number of nitrogens with zero attached hydrogens (tertiary/aromatic N) is 3. The van der Waals surface area contributed by atoms with E-state index in [4.69, 9.17) is 28.7 Å². The molecule has 0 bridgehead atoms. The third-order valence-corrected chi connectivity index (χ3v) is 11.7. The Kier molecular flexibility index (Phi) is 26.4. The Bertz CT molecular complexity index is 1660. The number of carboxylic acids is 1. The van der Waals surface area contributed by atoms with Crippen molar-refractivity contribution in [2.45, 2.75) is 113 Å². The average Bonchev–Trinajstić information content (AvgIpc) is 3.71. The summed E-state index contributed by atoms with van der Waals surface area (Å²) in [5, 5.41) is 25.0. The highest BCUT2D eigenvalue weighted by Gasteiger charge is 2.40. The van der Waals surface area contributed by atoms with Crippen LogP contribution in [0.5, 0.6) is 0 Å². The van der Waals surface area contributed by atoms with Crippen LogP contribution in [0.25, 0.3) is 0 Å². The highest BCUT2D eigenvalue weighted by Crippen LogP contribution is 2.23. The first-order chi connectivity index (χ1) is 29.9. The first kappa shape index (κ1) is 57.7. The predicted molar refractivity (Wildman–Crippen MR) is 255 cm³/mol. The third-order valence-electron chi connectivity index (χ3n) is 9.41. The molecule has 17 N–H and O–H groups in total. The Morgan fingerprint density at radius 1 is 0.812 bits per heavy atom. The molecule has 7 amide bonds. The number of amides is 7. The first-order valence-corrected chi connectivity index (χ1v) is 24.1. The van der Waals surface area contributed by atoms with E-state index in [9.17, 15) is 43.5 Å². The van der Waals surface area contributed by atoms with Crippen LogP contribution in [-0.2, 0) is 38.4 Å². The lowest BCUT2D eigenvalue weighted by molar-refractivity contribution is -0.142. The molecule has 1 saturated heterocycles. The number of nitrogens with one attached hydrogen (secondary N) is 6. The van der Waals surface area contributed by atoms with Gasteiger partial charge in [0, 0.05) is 29.3 Å². The summed E-state index contributed by atoms with van der Waals surface area (Å²) in [6, 6.07) is -8.10. The number of hydrogen-bond acceptors (Lipinski definition) is 15. The van der Waals surface area contributed by atoms with Crippen LogP contribution in [0, 0.1) is 5.92 Å². The lowest BCUT2D eigenvalue weighted by Crippen LogP contribution is -2.60. The van der Waals surface area contributed by atoms with Gasteiger partial charge in [-0.3, -0.25) is 43.5 Å². The van der Waals surface area contributed by atoms with E-state index in [0.29, 0.717) is 5.75 Å². The number of thiol groups is 2. The molecule has 0 unspecified atom stereocenters. The minimum Gasteiger partial charge on any atom is -0.480 e. The monoisotopic (exact) mass is 980 g/mol. The van der Waals surface area contributed by atoms with Crippen molar-refractivity contribution < 1.29 is 43.5 Å². The number of rotatable bonds is 29. The van der Waals surface area contributed by atoms with Crippen LogP contribution in [-0.4, -0.2) is 165 Å². The Hall–Kier alpha value is -4.34. The van der Waals surface area contributed by atoms with Gasteiger partial charge in [0.1, 0.15) is 36.3 Å². The predicted octanol–water partition coefficient (Wildman–Crippen LogP) is -3.62. The van der Waals surface area contributed by atoms with Crippen LogP contribution in [0.3, 0.4) is 0 Å². The maximum Gasteiger partial charge on any atom is 0.327 e. The summed E-state index contributed by atoms with van der Waals surface area (Å²) in [6.07, 6.45) is 2.63. The van der Waals surface area contributed by atoms with E-state index in [0.717, 1.165) is 0 Å². The second-order valence-electron chi connectivity index (χ2n) is 15.9. The van der Waals surface area contributed by atoms with E-state index < -0.39 is 101 Å². The molecule has 0 aromatic heterocycles. The highest BCUT2D eigenvalue weighted by atomic mass is 32.2. The molecule has 0 aliphatic carbocycles. The molecule has 1 heterocycles. The number of aliphatic imine (C=N–C) groups is 2. The van der Waals surface area contributed by atoms with E-state index in [1.807, 2.05) is 6.26 Å². The first-order valence-electron chi connectivity index (χ1n) is 20.5. The van der Waals surface area contributed by atoms with Gasteiger partial charge in [-0.2, -0.15) is 37.0 Å². The fourth-order valence-corrected chi connectivity index (χ4v) is 8.01. The molecule has 0 saturated carbocycles. The van der Waals surface area contributed by atoms with Gasteiger partial charge in [0.05, 0.1) is 18.5 Å². The van der Waals surface area contributed by atoms with Gasteiger partial charge >= 0.3 is 5.97 Å². The molecule has 364 valence electrons. The molecule has 27 heteroatoms. The fourth-order valence-electron chi connectivity index (χ4n) is 6.04. The zero-order valence-electron chi connectivity index (χ0n) is 37.0. The number of nitrogens with two attached hydrogens (primary N) is 5. The summed E-state index contributed by atoms with van der Waals surface area (Å²) in [5.74, 6) is -5.81. The number of carbonyl (C=O) groups excluding carboxylic acids is 7. The molecule has 1 fully saturated rings. The second-order valence-corrected chi connectivity index (χ2v) is 19.4. The molecule has 0 radical (unpaired) electrons. The van der Waals surface area contributed by atoms with Crippen LogP contribution >= 0.6 is 48.8 Å². The van der Waals surface area contributed by atoms with Crippen molar-refractivity contribution in [3.63, 3.8) is 0 Å². The Morgan fingerprint density at radius 2 is 1.34 bits per heavy atom. The van der Waals surface area contributed by atoms with Crippen molar-refractivity contribution in [1.29, 1.82) is 0 Å². The van der Waals surface area contributed by atoms with Gasteiger partial charge < -0.3 is 70.6 Å². The SMILES string of the molecule is CSCC[C@H](NC(=O)[C@H](N)CS)C(=O)N1CSC[C@H]1C(=O)N[C@@H](CCCN=C(N)N)C(=O)N[C@@H](CC(C)C)C(=O)N[C@@H](CCCN=C(N)N)C(=O)NCC(=O)N[C@H](C(=O)O)C(C)(C)S. The minimum atomic E-state index is -1.39. The fraction of sp³-hybridized carbons (Fsp3) is 0.730. The van der Waals surface area contributed by atoms with Gasteiger partial charge in [0.2, 0.25) is 41.4 Å². The van der Waals surface area contributed by atoms with Crippen LogP contribution in [0.1, 0.15) is 66.2 Å². The van der Waals surface area contributed by atoms with Crippen molar-refractivity contribution in [2.24, 2.45) is 44.6 Å². The number of thioether (sulfide) groups is 2. The smallest absolute Gasteiger partial charge is 0.327 e. The summed E-state index contributed by atoms with van der Waals surface area (Å²) >= 11 is 11.1. The molecule has 0 aromatic rings. The summed E-state index contributed by atoms with van der Waals surface area (Å²) < 4.78 is -1.15. The molecule has 0 aromatic carbocycles. The molecular formula is C37H68N14O9S4. The third kappa shape index (κ3) is 21.6. The molecule has 1 aliphatic heterocycles. The number of carboxylic acid groups (broad SMARTS) is 1. The van der Waals surface area contributed by atoms with E-state index in [1.54, 1.807) is 13.8 Å². The number of aliphatic carboxylic acids is 1. The molecule has 1 aliphatic rings. The normalized spacial score (nSPS) is 16.5. The maximum absolute atomic E-state index is 14.1. The van der Waals surface area contributed by atoms with Crippen molar-refractivity contribution in [3.8, 4) is 0 Å². The van der Waals surface area contributed by atoms with Gasteiger partial charge in [-0.25, -0.2) is 4.79 Å². The van der Waals surface area contributed by atoms with E-state index in [1.165, 1.54) is 42.3 Å². The Labute approximate surface area is 393 Å². The van der Waals surface area contributed by atoms with Crippen molar-refractivity contribution in [1.82, 2.24) is 36.8 Å². The van der Waals surface area contributed by atoms with Gasteiger partial charge in [-0.15, -0.1) is 11.8 Å². The zero-order chi connectivity index (χ0) is 48.7. The summed E-state index contributed by atoms with van der Waals surface area (Å²) in [7, 11) is 0. The van der Waals surface area contributed by atoms with Gasteiger partial charge in [-0.1, -0.05) is 13.8 Å². The van der Waals surface area contributed by atoms with Crippen LogP contribution in [0.4, 0.5) is 0 Å².